The van der Waals surface area contributed by atoms with Gasteiger partial charge in [-0.05, 0) is 13.3 Å². The van der Waals surface area contributed by atoms with Crippen LogP contribution in [0.4, 0.5) is 0 Å². The van der Waals surface area contributed by atoms with Gasteiger partial charge in [-0.15, -0.1) is 0 Å². The molecule has 0 spiro atoms. The number of aromatic hydroxyl groups is 1. The van der Waals surface area contributed by atoms with Crippen LogP contribution in [0.3, 0.4) is 0 Å². The van der Waals surface area contributed by atoms with Crippen LogP contribution in [0, 0.1) is 0 Å². The molecule has 0 amide bonds. The van der Waals surface area contributed by atoms with Crippen molar-refractivity contribution in [2.75, 3.05) is 0 Å². The zero-order valence-electron chi connectivity index (χ0n) is 10.5. The van der Waals surface area contributed by atoms with Gasteiger partial charge >= 0.3 is 5.69 Å². The molecule has 6 heteroatoms. The summed E-state index contributed by atoms with van der Waals surface area (Å²) >= 11 is 0. The van der Waals surface area contributed by atoms with E-state index in [-0.39, 0.29) is 17.5 Å². The SMILES string of the molecule is CC[C@@H](C)N=Cc1c(O)n(C)c(=O)n(C)c1=O. The van der Waals surface area contributed by atoms with Gasteiger partial charge < -0.3 is 5.11 Å². The molecule has 0 saturated carbocycles. The molecule has 0 unspecified atom stereocenters. The van der Waals surface area contributed by atoms with E-state index in [1.54, 1.807) is 0 Å². The first kappa shape index (κ1) is 13.2. The molecular weight excluding hydrogens is 222 g/mol. The molecule has 0 fully saturated rings. The molecule has 94 valence electrons. The fourth-order valence-electron chi connectivity index (χ4n) is 1.28. The van der Waals surface area contributed by atoms with E-state index in [0.717, 1.165) is 15.6 Å². The molecule has 0 aliphatic heterocycles. The molecule has 0 bridgehead atoms. The summed E-state index contributed by atoms with van der Waals surface area (Å²) in [6, 6.07) is 0.0661. The van der Waals surface area contributed by atoms with Crippen molar-refractivity contribution in [1.29, 1.82) is 0 Å². The number of hydrogen-bond donors (Lipinski definition) is 1. The molecule has 0 radical (unpaired) electrons. The summed E-state index contributed by atoms with van der Waals surface area (Å²) in [6.07, 6.45) is 2.16. The minimum Gasteiger partial charge on any atom is -0.494 e. The lowest BCUT2D eigenvalue weighted by molar-refractivity contribution is 0.410. The van der Waals surface area contributed by atoms with Crippen LogP contribution in [0.5, 0.6) is 5.88 Å². The van der Waals surface area contributed by atoms with E-state index in [0.29, 0.717) is 0 Å². The first-order valence-electron chi connectivity index (χ1n) is 5.42. The predicted molar refractivity (Wildman–Crippen MR) is 65.9 cm³/mol. The third kappa shape index (κ3) is 2.46. The molecule has 1 rings (SSSR count). The van der Waals surface area contributed by atoms with Crippen LogP contribution in [-0.4, -0.2) is 26.5 Å². The van der Waals surface area contributed by atoms with E-state index in [1.165, 1.54) is 20.3 Å². The van der Waals surface area contributed by atoms with Crippen molar-refractivity contribution in [3.63, 3.8) is 0 Å². The highest BCUT2D eigenvalue weighted by atomic mass is 16.3. The van der Waals surface area contributed by atoms with Crippen molar-refractivity contribution in [3.05, 3.63) is 26.4 Å². The predicted octanol–water partition coefficient (Wildman–Crippen LogP) is 0.00700. The highest BCUT2D eigenvalue weighted by Gasteiger charge is 2.12. The lowest BCUT2D eigenvalue weighted by Crippen LogP contribution is -2.38. The molecule has 1 heterocycles. The Morgan fingerprint density at radius 3 is 2.47 bits per heavy atom. The Morgan fingerprint density at radius 2 is 1.94 bits per heavy atom. The highest BCUT2D eigenvalue weighted by Crippen LogP contribution is 2.06. The summed E-state index contributed by atoms with van der Waals surface area (Å²) < 4.78 is 1.96. The van der Waals surface area contributed by atoms with E-state index >= 15 is 0 Å². The summed E-state index contributed by atoms with van der Waals surface area (Å²) in [5.74, 6) is -0.356. The second-order valence-electron chi connectivity index (χ2n) is 3.98. The van der Waals surface area contributed by atoms with Crippen molar-refractivity contribution in [1.82, 2.24) is 9.13 Å². The zero-order chi connectivity index (χ0) is 13.2. The average Bonchev–Trinajstić information content (AvgIpc) is 2.33. The minimum atomic E-state index is -0.562. The third-order valence-corrected chi connectivity index (χ3v) is 2.72. The molecular formula is C11H17N3O3. The van der Waals surface area contributed by atoms with Gasteiger partial charge in [-0.25, -0.2) is 4.79 Å². The molecule has 1 aromatic rings. The first-order valence-corrected chi connectivity index (χ1v) is 5.42. The maximum absolute atomic E-state index is 11.8. The molecule has 1 N–H and O–H groups in total. The Bertz CT molecular complexity index is 554. The van der Waals surface area contributed by atoms with Gasteiger partial charge in [-0.2, -0.15) is 0 Å². The molecule has 17 heavy (non-hydrogen) atoms. The Morgan fingerprint density at radius 1 is 1.35 bits per heavy atom. The quantitative estimate of drug-likeness (QED) is 0.755. The monoisotopic (exact) mass is 239 g/mol. The van der Waals surface area contributed by atoms with Gasteiger partial charge in [-0.1, -0.05) is 6.92 Å². The Kier molecular flexibility index (Phi) is 3.88. The number of nitrogens with zero attached hydrogens (tertiary/aromatic N) is 3. The number of hydrogen-bond acceptors (Lipinski definition) is 4. The van der Waals surface area contributed by atoms with E-state index in [9.17, 15) is 14.7 Å². The van der Waals surface area contributed by atoms with Gasteiger partial charge in [0.15, 0.2) is 0 Å². The van der Waals surface area contributed by atoms with Gasteiger partial charge in [0.25, 0.3) is 5.56 Å². The molecule has 0 saturated heterocycles. The largest absolute Gasteiger partial charge is 0.494 e. The van der Waals surface area contributed by atoms with Crippen LogP contribution in [0.15, 0.2) is 14.6 Å². The maximum Gasteiger partial charge on any atom is 0.333 e. The molecule has 0 aromatic carbocycles. The number of aliphatic imine (C=N–C) groups is 1. The standard InChI is InChI=1S/C11H17N3O3/c1-5-7(2)12-6-8-9(15)13(3)11(17)14(4)10(8)16/h6-7,15H,5H2,1-4H3/t7-/m1/s1. The lowest BCUT2D eigenvalue weighted by atomic mass is 10.2. The van der Waals surface area contributed by atoms with E-state index in [1.807, 2.05) is 13.8 Å². The second-order valence-corrected chi connectivity index (χ2v) is 3.98. The van der Waals surface area contributed by atoms with Gasteiger partial charge in [0.1, 0.15) is 5.56 Å². The third-order valence-electron chi connectivity index (χ3n) is 2.72. The summed E-state index contributed by atoms with van der Waals surface area (Å²) in [5, 5.41) is 9.73. The minimum absolute atomic E-state index is 0.0369. The van der Waals surface area contributed by atoms with Crippen molar-refractivity contribution in [3.8, 4) is 5.88 Å². The van der Waals surface area contributed by atoms with E-state index in [2.05, 4.69) is 4.99 Å². The van der Waals surface area contributed by atoms with Crippen LogP contribution in [0.1, 0.15) is 25.8 Å². The van der Waals surface area contributed by atoms with Crippen LogP contribution < -0.4 is 11.2 Å². The fourth-order valence-corrected chi connectivity index (χ4v) is 1.28. The summed E-state index contributed by atoms with van der Waals surface area (Å²) in [7, 11) is 2.77. The highest BCUT2D eigenvalue weighted by molar-refractivity contribution is 5.82. The van der Waals surface area contributed by atoms with Crippen molar-refractivity contribution in [2.24, 2.45) is 19.1 Å². The molecule has 6 nitrogen and oxygen atoms in total. The second kappa shape index (κ2) is 4.99. The normalized spacial score (nSPS) is 13.2. The fraction of sp³-hybridized carbons (Fsp3) is 0.545. The molecule has 0 aliphatic rings. The first-order chi connectivity index (χ1) is 7.90. The molecule has 1 atom stereocenters. The number of aromatic nitrogens is 2. The summed E-state index contributed by atoms with van der Waals surface area (Å²) in [4.78, 5) is 27.4. The van der Waals surface area contributed by atoms with Crippen molar-refractivity contribution in [2.45, 2.75) is 26.3 Å². The molecule has 1 aromatic heterocycles. The topological polar surface area (TPSA) is 76.6 Å². The Hall–Kier alpha value is -1.85. The van der Waals surface area contributed by atoms with Gasteiger partial charge in [0, 0.05) is 26.4 Å². The van der Waals surface area contributed by atoms with Gasteiger partial charge in [0.05, 0.1) is 0 Å². The summed E-state index contributed by atoms with van der Waals surface area (Å²) in [5.41, 5.74) is -1.07. The smallest absolute Gasteiger partial charge is 0.333 e. The maximum atomic E-state index is 11.8. The number of rotatable bonds is 3. The lowest BCUT2D eigenvalue weighted by Gasteiger charge is -2.07. The van der Waals surface area contributed by atoms with Crippen molar-refractivity contribution >= 4 is 6.21 Å². The van der Waals surface area contributed by atoms with E-state index < -0.39 is 11.2 Å². The van der Waals surface area contributed by atoms with Crippen LogP contribution in [-0.2, 0) is 14.1 Å². The van der Waals surface area contributed by atoms with Crippen molar-refractivity contribution < 1.29 is 5.11 Å². The van der Waals surface area contributed by atoms with Gasteiger partial charge in [0.2, 0.25) is 5.88 Å². The van der Waals surface area contributed by atoms with E-state index in [4.69, 9.17) is 0 Å². The van der Waals surface area contributed by atoms with Crippen LogP contribution >= 0.6 is 0 Å². The summed E-state index contributed by atoms with van der Waals surface area (Å²) in [6.45, 7) is 3.88. The Labute approximate surface area is 98.9 Å². The Balaban J connectivity index is 3.41. The van der Waals surface area contributed by atoms with Crippen LogP contribution in [0.2, 0.25) is 0 Å². The average molecular weight is 239 g/mol. The van der Waals surface area contributed by atoms with Crippen LogP contribution in [0.25, 0.3) is 0 Å². The zero-order valence-corrected chi connectivity index (χ0v) is 10.5. The van der Waals surface area contributed by atoms with Gasteiger partial charge in [-0.3, -0.25) is 18.9 Å². The molecule has 0 aliphatic carbocycles.